The summed E-state index contributed by atoms with van der Waals surface area (Å²) >= 11 is 0. The smallest absolute Gasteiger partial charge is 0.500 e. The summed E-state index contributed by atoms with van der Waals surface area (Å²) in [6.07, 6.45) is 2.92. The van der Waals surface area contributed by atoms with E-state index < -0.39 is 8.80 Å². The van der Waals surface area contributed by atoms with Crippen LogP contribution in [-0.2, 0) is 26.7 Å². The van der Waals surface area contributed by atoms with Gasteiger partial charge in [-0.2, -0.15) is 0 Å². The SMILES string of the molecule is CO[Si](CCc1cccc[n+]1C)(OC)OC.[I-]. The van der Waals surface area contributed by atoms with Gasteiger partial charge >= 0.3 is 8.80 Å². The third-order valence-electron chi connectivity index (χ3n) is 2.78. The molecule has 1 rings (SSSR count). The van der Waals surface area contributed by atoms with Crippen molar-refractivity contribution in [3.63, 3.8) is 0 Å². The number of aryl methyl sites for hydroxylation is 2. The Labute approximate surface area is 121 Å². The van der Waals surface area contributed by atoms with Gasteiger partial charge in [0.25, 0.3) is 0 Å². The van der Waals surface area contributed by atoms with Gasteiger partial charge in [-0.25, -0.2) is 4.57 Å². The molecule has 0 saturated heterocycles. The first-order valence-corrected chi connectivity index (χ1v) is 7.19. The molecular formula is C11H20INO3Si. The van der Waals surface area contributed by atoms with Crippen LogP contribution < -0.4 is 28.5 Å². The van der Waals surface area contributed by atoms with E-state index in [2.05, 4.69) is 10.6 Å². The zero-order chi connectivity index (χ0) is 12.0. The van der Waals surface area contributed by atoms with Gasteiger partial charge in [-0.15, -0.1) is 0 Å². The van der Waals surface area contributed by atoms with Crippen LogP contribution in [0.4, 0.5) is 0 Å². The minimum atomic E-state index is -2.44. The second-order valence-electron chi connectivity index (χ2n) is 3.60. The van der Waals surface area contributed by atoms with Crippen LogP contribution in [0.25, 0.3) is 0 Å². The van der Waals surface area contributed by atoms with Gasteiger partial charge in [-0.1, -0.05) is 6.07 Å². The summed E-state index contributed by atoms with van der Waals surface area (Å²) in [6, 6.07) is 6.93. The monoisotopic (exact) mass is 369 g/mol. The lowest BCUT2D eigenvalue weighted by atomic mass is 10.3. The van der Waals surface area contributed by atoms with E-state index >= 15 is 0 Å². The molecule has 0 bridgehead atoms. The molecule has 1 aromatic heterocycles. The minimum Gasteiger partial charge on any atom is -1.00 e. The van der Waals surface area contributed by atoms with Gasteiger partial charge in [0, 0.05) is 45.9 Å². The van der Waals surface area contributed by atoms with E-state index in [4.69, 9.17) is 13.3 Å². The largest absolute Gasteiger partial charge is 1.00 e. The molecule has 0 saturated carbocycles. The van der Waals surface area contributed by atoms with Gasteiger partial charge in [0.2, 0.25) is 0 Å². The first-order valence-electron chi connectivity index (χ1n) is 5.26. The molecule has 0 aliphatic carbocycles. The zero-order valence-corrected chi connectivity index (χ0v) is 13.9. The number of pyridine rings is 1. The summed E-state index contributed by atoms with van der Waals surface area (Å²) < 4.78 is 18.2. The first kappa shape index (κ1) is 17.0. The Kier molecular flexibility index (Phi) is 8.13. The summed E-state index contributed by atoms with van der Waals surface area (Å²) in [5, 5.41) is 0. The lowest BCUT2D eigenvalue weighted by Gasteiger charge is -2.23. The Hall–Kier alpha value is -0.0231. The maximum atomic E-state index is 5.38. The van der Waals surface area contributed by atoms with Crippen molar-refractivity contribution in [1.29, 1.82) is 0 Å². The summed E-state index contributed by atoms with van der Waals surface area (Å²) in [5.74, 6) is 0. The predicted octanol–water partition coefficient (Wildman–Crippen LogP) is -2.06. The van der Waals surface area contributed by atoms with Crippen LogP contribution in [0.1, 0.15) is 5.69 Å². The fraction of sp³-hybridized carbons (Fsp3) is 0.545. The van der Waals surface area contributed by atoms with Crippen LogP contribution in [0, 0.1) is 0 Å². The van der Waals surface area contributed by atoms with Crippen molar-refractivity contribution < 1.29 is 41.8 Å². The fourth-order valence-corrected chi connectivity index (χ4v) is 3.33. The Morgan fingerprint density at radius 1 is 1.12 bits per heavy atom. The molecular weight excluding hydrogens is 349 g/mol. The second-order valence-corrected chi connectivity index (χ2v) is 6.69. The normalized spacial score (nSPS) is 11.1. The summed E-state index contributed by atoms with van der Waals surface area (Å²) in [4.78, 5) is 0. The van der Waals surface area contributed by atoms with E-state index in [1.807, 2.05) is 25.4 Å². The molecule has 6 heteroatoms. The molecule has 4 nitrogen and oxygen atoms in total. The van der Waals surface area contributed by atoms with E-state index in [1.54, 1.807) is 21.3 Å². The molecule has 17 heavy (non-hydrogen) atoms. The van der Waals surface area contributed by atoms with Crippen molar-refractivity contribution >= 4 is 8.80 Å². The first-order chi connectivity index (χ1) is 7.67. The molecule has 0 aliphatic heterocycles. The average molecular weight is 369 g/mol. The molecule has 0 radical (unpaired) electrons. The third-order valence-corrected chi connectivity index (χ3v) is 5.51. The second kappa shape index (κ2) is 8.14. The quantitative estimate of drug-likeness (QED) is 0.328. The molecule has 0 aromatic carbocycles. The van der Waals surface area contributed by atoms with Crippen LogP contribution in [0.2, 0.25) is 6.04 Å². The van der Waals surface area contributed by atoms with Crippen LogP contribution in [-0.4, -0.2) is 30.1 Å². The number of hydrogen-bond acceptors (Lipinski definition) is 3. The third kappa shape index (κ3) is 4.63. The number of hydrogen-bond donors (Lipinski definition) is 0. The Morgan fingerprint density at radius 2 is 1.71 bits per heavy atom. The van der Waals surface area contributed by atoms with Gasteiger partial charge in [0.1, 0.15) is 7.05 Å². The molecule has 0 amide bonds. The molecule has 0 aliphatic rings. The summed E-state index contributed by atoms with van der Waals surface area (Å²) in [6.45, 7) is 0. The standard InChI is InChI=1S/C11H20NO3Si.HI/c1-12-9-6-5-7-11(12)8-10-16(13-2,14-3)15-4;/h5-7,9H,8,10H2,1-4H3;1H/q+1;/p-1. The van der Waals surface area contributed by atoms with Crippen molar-refractivity contribution in [3.8, 4) is 0 Å². The lowest BCUT2D eigenvalue weighted by molar-refractivity contribution is -0.679. The summed E-state index contributed by atoms with van der Waals surface area (Å²) in [7, 11) is 4.53. The van der Waals surface area contributed by atoms with Crippen molar-refractivity contribution in [2.45, 2.75) is 12.5 Å². The molecule has 0 spiro atoms. The van der Waals surface area contributed by atoms with Gasteiger partial charge in [0.05, 0.1) is 0 Å². The molecule has 1 heterocycles. The number of rotatable bonds is 6. The van der Waals surface area contributed by atoms with Crippen LogP contribution in [0.5, 0.6) is 0 Å². The number of nitrogens with zero attached hydrogens (tertiary/aromatic N) is 1. The zero-order valence-electron chi connectivity index (χ0n) is 10.8. The van der Waals surface area contributed by atoms with E-state index in [0.29, 0.717) is 0 Å². The number of halogens is 1. The van der Waals surface area contributed by atoms with Crippen molar-refractivity contribution in [2.75, 3.05) is 21.3 Å². The van der Waals surface area contributed by atoms with E-state index in [9.17, 15) is 0 Å². The molecule has 0 fully saturated rings. The van der Waals surface area contributed by atoms with Gasteiger partial charge in [-0.3, -0.25) is 0 Å². The van der Waals surface area contributed by atoms with Gasteiger partial charge in [0.15, 0.2) is 11.9 Å². The van der Waals surface area contributed by atoms with Crippen LogP contribution >= 0.6 is 0 Å². The highest BCUT2D eigenvalue weighted by Crippen LogP contribution is 2.14. The van der Waals surface area contributed by atoms with Crippen molar-refractivity contribution in [3.05, 3.63) is 30.1 Å². The summed E-state index contributed by atoms with van der Waals surface area (Å²) in [5.41, 5.74) is 1.24. The predicted molar refractivity (Wildman–Crippen MR) is 62.9 cm³/mol. The van der Waals surface area contributed by atoms with Crippen molar-refractivity contribution in [1.82, 2.24) is 0 Å². The molecule has 0 atom stereocenters. The highest BCUT2D eigenvalue weighted by Gasteiger charge is 2.38. The topological polar surface area (TPSA) is 31.6 Å². The highest BCUT2D eigenvalue weighted by atomic mass is 127. The van der Waals surface area contributed by atoms with E-state index in [-0.39, 0.29) is 24.0 Å². The van der Waals surface area contributed by atoms with E-state index in [0.717, 1.165) is 12.5 Å². The van der Waals surface area contributed by atoms with Crippen LogP contribution in [0.3, 0.4) is 0 Å². The van der Waals surface area contributed by atoms with Crippen molar-refractivity contribution in [2.24, 2.45) is 7.05 Å². The maximum absolute atomic E-state index is 5.38. The van der Waals surface area contributed by atoms with E-state index in [1.165, 1.54) is 5.69 Å². The highest BCUT2D eigenvalue weighted by molar-refractivity contribution is 6.60. The maximum Gasteiger partial charge on any atom is 0.500 e. The molecule has 0 unspecified atom stereocenters. The Morgan fingerprint density at radius 3 is 2.18 bits per heavy atom. The number of aromatic nitrogens is 1. The lowest BCUT2D eigenvalue weighted by Crippen LogP contribution is -3.00. The fourth-order valence-electron chi connectivity index (χ4n) is 1.66. The van der Waals surface area contributed by atoms with Gasteiger partial charge in [-0.05, 0) is 0 Å². The molecule has 0 N–H and O–H groups in total. The average Bonchev–Trinajstić information content (AvgIpc) is 2.34. The molecule has 1 aromatic rings. The Balaban J connectivity index is 0.00000256. The minimum absolute atomic E-state index is 0. The Bertz CT molecular complexity index is 326. The molecule has 98 valence electrons. The van der Waals surface area contributed by atoms with Crippen LogP contribution in [0.15, 0.2) is 24.4 Å². The van der Waals surface area contributed by atoms with Gasteiger partial charge < -0.3 is 37.3 Å².